The average molecular weight is 382 g/mol. The first-order valence-corrected chi connectivity index (χ1v) is 10.3. The van der Waals surface area contributed by atoms with E-state index in [0.29, 0.717) is 25.1 Å². The van der Waals surface area contributed by atoms with Crippen molar-refractivity contribution in [3.8, 4) is 0 Å². The van der Waals surface area contributed by atoms with Gasteiger partial charge in [-0.05, 0) is 31.0 Å². The molecule has 5 nitrogen and oxygen atoms in total. The second kappa shape index (κ2) is 7.35. The standard InChI is InChI=1S/C21H23N3O2S/c1-15-5-7-16(8-6-15)21-11-9-19(25)24(21)18(14-27-21)20(26)23-13-10-17-4-2-3-12-22-17/h2-8,12,18H,9-11,13-14H2,1H3,(H,23,26)/t18-,21+/m1/s1. The summed E-state index contributed by atoms with van der Waals surface area (Å²) in [5.41, 5.74) is 3.26. The van der Waals surface area contributed by atoms with Crippen LogP contribution < -0.4 is 5.32 Å². The Bertz CT molecular complexity index is 840. The number of amides is 2. The minimum Gasteiger partial charge on any atom is -0.354 e. The molecule has 1 N–H and O–H groups in total. The number of aryl methyl sites for hydroxylation is 1. The number of pyridine rings is 1. The third kappa shape index (κ3) is 3.34. The lowest BCUT2D eigenvalue weighted by atomic mass is 10.0. The van der Waals surface area contributed by atoms with Gasteiger partial charge in [-0.25, -0.2) is 0 Å². The molecular weight excluding hydrogens is 358 g/mol. The minimum atomic E-state index is -0.407. The Hall–Kier alpha value is -2.34. The Balaban J connectivity index is 1.47. The molecule has 1 aromatic heterocycles. The maximum absolute atomic E-state index is 12.8. The normalized spacial score (nSPS) is 24.1. The van der Waals surface area contributed by atoms with E-state index in [1.165, 1.54) is 5.56 Å². The summed E-state index contributed by atoms with van der Waals surface area (Å²) in [7, 11) is 0. The summed E-state index contributed by atoms with van der Waals surface area (Å²) in [6.45, 7) is 2.58. The van der Waals surface area contributed by atoms with Crippen LogP contribution in [0.5, 0.6) is 0 Å². The van der Waals surface area contributed by atoms with Crippen LogP contribution in [-0.2, 0) is 20.9 Å². The van der Waals surface area contributed by atoms with Gasteiger partial charge in [0.15, 0.2) is 0 Å². The summed E-state index contributed by atoms with van der Waals surface area (Å²) >= 11 is 1.72. The molecule has 2 aliphatic heterocycles. The van der Waals surface area contributed by atoms with Crippen molar-refractivity contribution in [3.05, 3.63) is 65.5 Å². The van der Waals surface area contributed by atoms with Crippen molar-refractivity contribution in [2.24, 2.45) is 0 Å². The van der Waals surface area contributed by atoms with Gasteiger partial charge in [-0.3, -0.25) is 14.6 Å². The van der Waals surface area contributed by atoms with E-state index in [9.17, 15) is 9.59 Å². The SMILES string of the molecule is Cc1ccc([C@@]23CCC(=O)N2[C@@H](C(=O)NCCc2ccccn2)CS3)cc1. The van der Waals surface area contributed by atoms with Crippen molar-refractivity contribution in [2.45, 2.75) is 37.1 Å². The lowest BCUT2D eigenvalue weighted by Gasteiger charge is -2.34. The van der Waals surface area contributed by atoms with E-state index in [1.807, 2.05) is 23.1 Å². The van der Waals surface area contributed by atoms with Crippen molar-refractivity contribution in [1.29, 1.82) is 0 Å². The van der Waals surface area contributed by atoms with Crippen LogP contribution in [0, 0.1) is 6.92 Å². The molecule has 1 aromatic carbocycles. The van der Waals surface area contributed by atoms with E-state index in [4.69, 9.17) is 0 Å². The molecule has 2 aromatic rings. The highest BCUT2D eigenvalue weighted by Gasteiger charge is 2.56. The zero-order chi connectivity index (χ0) is 18.9. The maximum Gasteiger partial charge on any atom is 0.243 e. The number of aromatic nitrogens is 1. The first-order chi connectivity index (χ1) is 13.1. The van der Waals surface area contributed by atoms with Crippen LogP contribution in [0.4, 0.5) is 0 Å². The lowest BCUT2D eigenvalue weighted by molar-refractivity contribution is -0.138. The van der Waals surface area contributed by atoms with Crippen molar-refractivity contribution in [3.63, 3.8) is 0 Å². The van der Waals surface area contributed by atoms with Crippen molar-refractivity contribution in [2.75, 3.05) is 12.3 Å². The van der Waals surface area contributed by atoms with Crippen molar-refractivity contribution >= 4 is 23.6 Å². The number of nitrogens with one attached hydrogen (secondary N) is 1. The summed E-state index contributed by atoms with van der Waals surface area (Å²) in [5, 5.41) is 3.00. The number of thioether (sulfide) groups is 1. The number of hydrogen-bond donors (Lipinski definition) is 1. The van der Waals surface area contributed by atoms with Gasteiger partial charge >= 0.3 is 0 Å². The second-order valence-corrected chi connectivity index (χ2v) is 8.40. The quantitative estimate of drug-likeness (QED) is 0.865. The van der Waals surface area contributed by atoms with Crippen LogP contribution in [0.1, 0.15) is 29.7 Å². The molecule has 2 saturated heterocycles. The zero-order valence-electron chi connectivity index (χ0n) is 15.4. The fourth-order valence-electron chi connectivity index (χ4n) is 3.93. The van der Waals surface area contributed by atoms with E-state index in [1.54, 1.807) is 18.0 Å². The fraction of sp³-hybridized carbons (Fsp3) is 0.381. The molecule has 0 aliphatic carbocycles. The molecule has 4 rings (SSSR count). The summed E-state index contributed by atoms with van der Waals surface area (Å²) in [6.07, 6.45) is 3.70. The number of carbonyl (C=O) groups excluding carboxylic acids is 2. The molecule has 2 atom stereocenters. The van der Waals surface area contributed by atoms with Crippen LogP contribution in [0.3, 0.4) is 0 Å². The summed E-state index contributed by atoms with van der Waals surface area (Å²) in [4.78, 5) is 31.2. The van der Waals surface area contributed by atoms with Crippen LogP contribution in [-0.4, -0.2) is 40.0 Å². The maximum atomic E-state index is 12.8. The van der Waals surface area contributed by atoms with Gasteiger partial charge < -0.3 is 10.2 Å². The van der Waals surface area contributed by atoms with Gasteiger partial charge in [-0.2, -0.15) is 0 Å². The summed E-state index contributed by atoms with van der Waals surface area (Å²) in [6, 6.07) is 13.7. The molecule has 6 heteroatoms. The predicted octanol–water partition coefficient (Wildman–Crippen LogP) is 2.64. The Morgan fingerprint density at radius 3 is 2.85 bits per heavy atom. The molecule has 27 heavy (non-hydrogen) atoms. The van der Waals surface area contributed by atoms with Gasteiger partial charge in [0.1, 0.15) is 10.9 Å². The molecule has 3 heterocycles. The number of rotatable bonds is 5. The van der Waals surface area contributed by atoms with E-state index in [0.717, 1.165) is 17.7 Å². The number of carbonyl (C=O) groups is 2. The minimum absolute atomic E-state index is 0.0670. The van der Waals surface area contributed by atoms with E-state index >= 15 is 0 Å². The monoisotopic (exact) mass is 381 g/mol. The second-order valence-electron chi connectivity index (χ2n) is 7.10. The molecule has 0 radical (unpaired) electrons. The molecular formula is C21H23N3O2S. The largest absolute Gasteiger partial charge is 0.354 e. The van der Waals surface area contributed by atoms with Gasteiger partial charge in [0.05, 0.1) is 0 Å². The predicted molar refractivity (Wildman–Crippen MR) is 106 cm³/mol. The number of benzene rings is 1. The average Bonchev–Trinajstić information content (AvgIpc) is 3.22. The van der Waals surface area contributed by atoms with Gasteiger partial charge in [-0.1, -0.05) is 35.9 Å². The molecule has 2 amide bonds. The van der Waals surface area contributed by atoms with Crippen molar-refractivity contribution in [1.82, 2.24) is 15.2 Å². The first-order valence-electron chi connectivity index (χ1n) is 9.31. The van der Waals surface area contributed by atoms with Gasteiger partial charge in [0.2, 0.25) is 11.8 Å². The third-order valence-electron chi connectivity index (χ3n) is 5.34. The molecule has 0 spiro atoms. The lowest BCUT2D eigenvalue weighted by Crippen LogP contribution is -2.50. The Morgan fingerprint density at radius 1 is 1.30 bits per heavy atom. The van der Waals surface area contributed by atoms with Gasteiger partial charge in [-0.15, -0.1) is 11.8 Å². The highest BCUT2D eigenvalue weighted by atomic mass is 32.2. The van der Waals surface area contributed by atoms with Gasteiger partial charge in [0, 0.05) is 37.0 Å². The fourth-order valence-corrected chi connectivity index (χ4v) is 5.58. The number of fused-ring (bicyclic) bond motifs is 1. The van der Waals surface area contributed by atoms with Crippen LogP contribution in [0.25, 0.3) is 0 Å². The third-order valence-corrected chi connectivity index (χ3v) is 6.94. The topological polar surface area (TPSA) is 62.3 Å². The van der Waals surface area contributed by atoms with Crippen LogP contribution in [0.2, 0.25) is 0 Å². The summed E-state index contributed by atoms with van der Waals surface area (Å²) < 4.78 is 0. The Kier molecular flexibility index (Phi) is 4.91. The van der Waals surface area contributed by atoms with Crippen LogP contribution >= 0.6 is 11.8 Å². The first kappa shape index (κ1) is 18.0. The molecule has 140 valence electrons. The Morgan fingerprint density at radius 2 is 2.11 bits per heavy atom. The highest BCUT2D eigenvalue weighted by Crippen LogP contribution is 2.54. The molecule has 0 bridgehead atoms. The summed E-state index contributed by atoms with van der Waals surface area (Å²) in [5.74, 6) is 0.641. The zero-order valence-corrected chi connectivity index (χ0v) is 16.2. The molecule has 0 unspecified atom stereocenters. The van der Waals surface area contributed by atoms with E-state index in [2.05, 4.69) is 41.5 Å². The smallest absolute Gasteiger partial charge is 0.243 e. The number of nitrogens with zero attached hydrogens (tertiary/aromatic N) is 2. The highest BCUT2D eigenvalue weighted by molar-refractivity contribution is 8.00. The molecule has 0 saturated carbocycles. The van der Waals surface area contributed by atoms with Crippen LogP contribution in [0.15, 0.2) is 48.7 Å². The van der Waals surface area contributed by atoms with E-state index in [-0.39, 0.29) is 11.8 Å². The Labute approximate surface area is 163 Å². The molecule has 2 fully saturated rings. The molecule has 2 aliphatic rings. The van der Waals surface area contributed by atoms with Crippen molar-refractivity contribution < 1.29 is 9.59 Å². The van der Waals surface area contributed by atoms with E-state index < -0.39 is 10.9 Å². The number of hydrogen-bond acceptors (Lipinski definition) is 4. The van der Waals surface area contributed by atoms with Gasteiger partial charge in [0.25, 0.3) is 0 Å².